The standard InChI is InChI=1S/C21H25.C5H5.C2H6Si.2ClH.Zr/c1-20(2,3)15-11-10-14-12-18-16(17(14)13-15)8-7-9-19(18)21(4,5)6;1-2-4-5-3-1;1-3-2;;;/h7-13H,1-6H3;1-3H,4H2;1-2H3;2*1H;/q2*-1;;;;+4/p-2. The minimum Gasteiger partial charge on any atom is -1.00 e. The molecule has 0 atom stereocenters. The average Bonchev–Trinajstić information content (AvgIpc) is 3.31. The number of hydrogen-bond acceptors (Lipinski definition) is 0. The van der Waals surface area contributed by atoms with Crippen LogP contribution in [0.4, 0.5) is 0 Å². The third-order valence-corrected chi connectivity index (χ3v) is 5.01. The number of hydrogen-bond donors (Lipinski definition) is 0. The molecule has 0 unspecified atom stereocenters. The van der Waals surface area contributed by atoms with E-state index in [0.29, 0.717) is 0 Å². The summed E-state index contributed by atoms with van der Waals surface area (Å²) in [6.45, 7) is 18.0. The quantitative estimate of drug-likeness (QED) is 0.292. The summed E-state index contributed by atoms with van der Waals surface area (Å²) in [5.74, 6) is 0. The molecule has 0 aromatic heterocycles. The molecule has 170 valence electrons. The van der Waals surface area contributed by atoms with Crippen molar-refractivity contribution in [3.05, 3.63) is 77.9 Å². The average molecular weight is 563 g/mol. The monoisotopic (exact) mass is 560 g/mol. The topological polar surface area (TPSA) is 0 Å². The van der Waals surface area contributed by atoms with Crippen molar-refractivity contribution in [3.8, 4) is 0 Å². The summed E-state index contributed by atoms with van der Waals surface area (Å²) in [5, 5.41) is 5.55. The van der Waals surface area contributed by atoms with E-state index in [0.717, 1.165) is 15.9 Å². The predicted octanol–water partition coefficient (Wildman–Crippen LogP) is 2.40. The summed E-state index contributed by atoms with van der Waals surface area (Å²) in [6.07, 6.45) is 10.0. The fourth-order valence-electron chi connectivity index (χ4n) is 3.49. The van der Waals surface area contributed by atoms with Gasteiger partial charge >= 0.3 is 26.2 Å². The second-order valence-corrected chi connectivity index (χ2v) is 10.7. The van der Waals surface area contributed by atoms with Gasteiger partial charge in [0.1, 0.15) is 0 Å². The van der Waals surface area contributed by atoms with Gasteiger partial charge in [-0.25, -0.2) is 12.2 Å². The molecule has 4 rings (SSSR count). The van der Waals surface area contributed by atoms with Crippen LogP contribution in [0.5, 0.6) is 0 Å². The van der Waals surface area contributed by atoms with Gasteiger partial charge in [-0.2, -0.15) is 6.08 Å². The Balaban J connectivity index is 0. The molecule has 3 aromatic carbocycles. The van der Waals surface area contributed by atoms with E-state index in [1.165, 1.54) is 32.7 Å². The molecule has 3 aromatic rings. The van der Waals surface area contributed by atoms with Crippen LogP contribution in [-0.4, -0.2) is 9.52 Å². The summed E-state index contributed by atoms with van der Waals surface area (Å²) in [7, 11) is 1.08. The molecule has 0 fully saturated rings. The molecule has 1 aliphatic carbocycles. The van der Waals surface area contributed by atoms with E-state index in [1.54, 1.807) is 0 Å². The summed E-state index contributed by atoms with van der Waals surface area (Å²) >= 11 is 0. The van der Waals surface area contributed by atoms with Crippen molar-refractivity contribution in [2.24, 2.45) is 0 Å². The largest absolute Gasteiger partial charge is 4.00 e. The number of fused-ring (bicyclic) bond motifs is 3. The Hall–Kier alpha value is -0.530. The molecule has 4 heteroatoms. The first-order valence-corrected chi connectivity index (χ1v) is 12.5. The molecule has 2 radical (unpaired) electrons. The Kier molecular flexibility index (Phi) is 15.4. The molecule has 0 saturated heterocycles. The van der Waals surface area contributed by atoms with E-state index < -0.39 is 0 Å². The number of halogens is 2. The predicted molar refractivity (Wildman–Crippen MR) is 133 cm³/mol. The molecule has 0 heterocycles. The maximum absolute atomic E-state index is 2.99. The van der Waals surface area contributed by atoms with Crippen LogP contribution in [-0.2, 0) is 37.0 Å². The van der Waals surface area contributed by atoms with E-state index in [-0.39, 0.29) is 61.8 Å². The molecule has 0 amide bonds. The van der Waals surface area contributed by atoms with Crippen molar-refractivity contribution in [2.45, 2.75) is 71.9 Å². The van der Waals surface area contributed by atoms with Crippen LogP contribution in [0.3, 0.4) is 0 Å². The van der Waals surface area contributed by atoms with Gasteiger partial charge in [-0.15, -0.1) is 40.1 Å². The number of rotatable bonds is 0. The van der Waals surface area contributed by atoms with Crippen molar-refractivity contribution in [2.75, 3.05) is 0 Å². The van der Waals surface area contributed by atoms with E-state index in [9.17, 15) is 0 Å². The van der Waals surface area contributed by atoms with Crippen LogP contribution < -0.4 is 24.8 Å². The van der Waals surface area contributed by atoms with Gasteiger partial charge in [-0.1, -0.05) is 96.1 Å². The van der Waals surface area contributed by atoms with Crippen LogP contribution in [0.15, 0.2) is 60.7 Å². The molecule has 0 aliphatic heterocycles. The molecule has 0 nitrogen and oxygen atoms in total. The third-order valence-electron chi connectivity index (χ3n) is 5.01. The van der Waals surface area contributed by atoms with Gasteiger partial charge in [0.05, 0.1) is 0 Å². The minimum absolute atomic E-state index is 0. The van der Waals surface area contributed by atoms with Gasteiger partial charge < -0.3 is 24.8 Å². The van der Waals surface area contributed by atoms with E-state index in [4.69, 9.17) is 0 Å². The fourth-order valence-corrected chi connectivity index (χ4v) is 3.49. The number of allylic oxidation sites excluding steroid dienone is 4. The van der Waals surface area contributed by atoms with E-state index in [2.05, 4.69) is 109 Å². The Morgan fingerprint density at radius 2 is 1.50 bits per heavy atom. The van der Waals surface area contributed by atoms with Crippen molar-refractivity contribution in [1.82, 2.24) is 0 Å². The number of benzene rings is 2. The molecule has 0 spiro atoms. The van der Waals surface area contributed by atoms with Crippen LogP contribution in [0.2, 0.25) is 13.1 Å². The van der Waals surface area contributed by atoms with Gasteiger partial charge in [-0.05, 0) is 10.8 Å². The first kappa shape index (κ1) is 33.6. The SMILES string of the molecule is CC(C)(C)c1ccc2[cH-]c3c(C(C)(C)C)cccc3c2c1.C[Si]C.[C-]1=CC=CC1.[Cl-].[Cl-].[Zr+4]. The Morgan fingerprint density at radius 3 is 1.94 bits per heavy atom. The summed E-state index contributed by atoms with van der Waals surface area (Å²) in [4.78, 5) is 0. The van der Waals surface area contributed by atoms with E-state index >= 15 is 0 Å². The molecule has 1 aliphatic rings. The first-order chi connectivity index (χ1) is 13.6. The van der Waals surface area contributed by atoms with E-state index in [1.807, 2.05) is 12.2 Å². The fraction of sp³-hybridized carbons (Fsp3) is 0.393. The van der Waals surface area contributed by atoms with Crippen molar-refractivity contribution >= 4 is 31.1 Å². The van der Waals surface area contributed by atoms with Gasteiger partial charge in [0.2, 0.25) is 0 Å². The molecule has 0 saturated carbocycles. The van der Waals surface area contributed by atoms with Gasteiger partial charge in [0.25, 0.3) is 0 Å². The molecule has 0 bridgehead atoms. The maximum Gasteiger partial charge on any atom is 4.00 e. The van der Waals surface area contributed by atoms with Crippen molar-refractivity contribution < 1.29 is 51.0 Å². The minimum atomic E-state index is 0. The zero-order chi connectivity index (χ0) is 21.7. The van der Waals surface area contributed by atoms with Crippen LogP contribution in [0, 0.1) is 6.08 Å². The zero-order valence-electron chi connectivity index (χ0n) is 20.7. The van der Waals surface area contributed by atoms with Crippen molar-refractivity contribution in [3.63, 3.8) is 0 Å². The molecule has 0 N–H and O–H groups in total. The summed E-state index contributed by atoms with van der Waals surface area (Å²) < 4.78 is 0. The van der Waals surface area contributed by atoms with Gasteiger partial charge in [0.15, 0.2) is 0 Å². The van der Waals surface area contributed by atoms with Gasteiger partial charge in [-0.3, -0.25) is 6.08 Å². The van der Waals surface area contributed by atoms with Crippen LogP contribution in [0.25, 0.3) is 21.5 Å². The van der Waals surface area contributed by atoms with Crippen LogP contribution in [0.1, 0.15) is 59.1 Å². The second-order valence-electron chi connectivity index (χ2n) is 9.72. The summed E-state index contributed by atoms with van der Waals surface area (Å²) in [6, 6.07) is 16.0. The normalized spacial score (nSPS) is 12.0. The smallest absolute Gasteiger partial charge is 1.00 e. The Labute approximate surface area is 230 Å². The van der Waals surface area contributed by atoms with Gasteiger partial charge in [0, 0.05) is 9.52 Å². The molecule has 32 heavy (non-hydrogen) atoms. The molecular weight excluding hydrogens is 527 g/mol. The third kappa shape index (κ3) is 9.02. The molecular formula is C28H36Cl2SiZr. The van der Waals surface area contributed by atoms with Crippen LogP contribution >= 0.6 is 0 Å². The zero-order valence-corrected chi connectivity index (χ0v) is 25.7. The van der Waals surface area contributed by atoms with Crippen molar-refractivity contribution in [1.29, 1.82) is 0 Å². The maximum atomic E-state index is 2.99. The Morgan fingerprint density at radius 1 is 0.875 bits per heavy atom. The second kappa shape index (κ2) is 14.7. The first-order valence-electron chi connectivity index (χ1n) is 10.5. The Bertz CT molecular complexity index is 992. The summed E-state index contributed by atoms with van der Waals surface area (Å²) in [5.41, 5.74) is 3.22.